The SMILES string of the molecule is C#CCCOC(=O)C=CC(=O)O. The topological polar surface area (TPSA) is 63.6 Å². The molecule has 0 atom stereocenters. The van der Waals surface area contributed by atoms with Crippen LogP contribution in [0.25, 0.3) is 0 Å². The van der Waals surface area contributed by atoms with E-state index in [1.54, 1.807) is 0 Å². The van der Waals surface area contributed by atoms with Gasteiger partial charge in [-0.25, -0.2) is 9.59 Å². The van der Waals surface area contributed by atoms with Gasteiger partial charge in [0.1, 0.15) is 6.61 Å². The molecule has 0 amide bonds. The molecule has 0 aliphatic heterocycles. The molecule has 1 N–H and O–H groups in total. The molecule has 0 spiro atoms. The summed E-state index contributed by atoms with van der Waals surface area (Å²) in [5.41, 5.74) is 0. The molecule has 0 radical (unpaired) electrons. The fraction of sp³-hybridized carbons (Fsp3) is 0.250. The normalized spacial score (nSPS) is 9.25. The number of aliphatic carboxylic acids is 1. The molecule has 0 aliphatic rings. The van der Waals surface area contributed by atoms with Crippen molar-refractivity contribution in [3.63, 3.8) is 0 Å². The van der Waals surface area contributed by atoms with Gasteiger partial charge in [-0.15, -0.1) is 12.3 Å². The van der Waals surface area contributed by atoms with Crippen molar-refractivity contribution in [1.82, 2.24) is 0 Å². The summed E-state index contributed by atoms with van der Waals surface area (Å²) < 4.78 is 4.50. The lowest BCUT2D eigenvalue weighted by molar-refractivity contribution is -0.138. The predicted octanol–water partition coefficient (Wildman–Crippen LogP) is 0.194. The maximum absolute atomic E-state index is 10.6. The Labute approximate surface area is 69.8 Å². The molecule has 0 rings (SSSR count). The monoisotopic (exact) mass is 168 g/mol. The Balaban J connectivity index is 3.61. The first-order valence-corrected chi connectivity index (χ1v) is 3.18. The number of hydrogen-bond donors (Lipinski definition) is 1. The molecule has 0 unspecified atom stereocenters. The highest BCUT2D eigenvalue weighted by atomic mass is 16.5. The molecule has 0 saturated heterocycles. The zero-order valence-corrected chi connectivity index (χ0v) is 6.32. The minimum atomic E-state index is -1.19. The van der Waals surface area contributed by atoms with Gasteiger partial charge in [-0.05, 0) is 0 Å². The van der Waals surface area contributed by atoms with Gasteiger partial charge >= 0.3 is 11.9 Å². The molecule has 0 aromatic heterocycles. The molecule has 0 aromatic carbocycles. The largest absolute Gasteiger partial charge is 0.478 e. The molecule has 64 valence electrons. The quantitative estimate of drug-likeness (QED) is 0.282. The van der Waals surface area contributed by atoms with Crippen LogP contribution in [0.5, 0.6) is 0 Å². The first-order chi connectivity index (χ1) is 5.66. The molecule has 0 saturated carbocycles. The molecule has 12 heavy (non-hydrogen) atoms. The Bertz CT molecular complexity index is 234. The van der Waals surface area contributed by atoms with Crippen LogP contribution in [0.15, 0.2) is 12.2 Å². The third-order valence-electron chi connectivity index (χ3n) is 0.853. The van der Waals surface area contributed by atoms with Crippen LogP contribution in [-0.4, -0.2) is 23.7 Å². The highest BCUT2D eigenvalue weighted by molar-refractivity contribution is 5.90. The van der Waals surface area contributed by atoms with Gasteiger partial charge in [-0.3, -0.25) is 0 Å². The fourth-order valence-corrected chi connectivity index (χ4v) is 0.398. The van der Waals surface area contributed by atoms with Crippen molar-refractivity contribution in [3.8, 4) is 12.3 Å². The number of carboxylic acids is 1. The molecule has 0 bridgehead atoms. The van der Waals surface area contributed by atoms with Crippen molar-refractivity contribution in [1.29, 1.82) is 0 Å². The first-order valence-electron chi connectivity index (χ1n) is 3.18. The standard InChI is InChI=1S/C8H8O4/c1-2-3-6-12-8(11)5-4-7(9)10/h1,4-5H,3,6H2,(H,9,10). The number of carboxylic acid groups (broad SMARTS) is 1. The van der Waals surface area contributed by atoms with E-state index in [1.165, 1.54) is 0 Å². The maximum atomic E-state index is 10.6. The molecule has 0 aliphatic carbocycles. The van der Waals surface area contributed by atoms with Crippen LogP contribution in [0.2, 0.25) is 0 Å². The zero-order valence-electron chi connectivity index (χ0n) is 6.32. The highest BCUT2D eigenvalue weighted by Crippen LogP contribution is 1.84. The van der Waals surface area contributed by atoms with Crippen LogP contribution >= 0.6 is 0 Å². The summed E-state index contributed by atoms with van der Waals surface area (Å²) in [7, 11) is 0. The molecule has 4 heteroatoms. The van der Waals surface area contributed by atoms with Crippen molar-refractivity contribution in [3.05, 3.63) is 12.2 Å². The third kappa shape index (κ3) is 6.36. The van der Waals surface area contributed by atoms with E-state index in [0.717, 1.165) is 6.08 Å². The zero-order chi connectivity index (χ0) is 9.40. The molecule has 4 nitrogen and oxygen atoms in total. The lowest BCUT2D eigenvalue weighted by Crippen LogP contribution is -2.02. The predicted molar refractivity (Wildman–Crippen MR) is 41.2 cm³/mol. The van der Waals surface area contributed by atoms with E-state index < -0.39 is 11.9 Å². The molecular formula is C8H8O4. The molecule has 0 aromatic rings. The average Bonchev–Trinajstić information content (AvgIpc) is 2.01. The van der Waals surface area contributed by atoms with E-state index in [1.807, 2.05) is 0 Å². The van der Waals surface area contributed by atoms with Crippen LogP contribution in [0.3, 0.4) is 0 Å². The van der Waals surface area contributed by atoms with Crippen LogP contribution < -0.4 is 0 Å². The molecule has 0 heterocycles. The van der Waals surface area contributed by atoms with Gasteiger partial charge in [0.15, 0.2) is 0 Å². The highest BCUT2D eigenvalue weighted by Gasteiger charge is 1.96. The van der Waals surface area contributed by atoms with Gasteiger partial charge in [-0.2, -0.15) is 0 Å². The molecular weight excluding hydrogens is 160 g/mol. The number of carbonyl (C=O) groups excluding carboxylic acids is 1. The Hall–Kier alpha value is -1.76. The van der Waals surface area contributed by atoms with Crippen molar-refractivity contribution >= 4 is 11.9 Å². The van der Waals surface area contributed by atoms with E-state index in [2.05, 4.69) is 10.7 Å². The number of rotatable bonds is 4. The van der Waals surface area contributed by atoms with Gasteiger partial charge in [0.2, 0.25) is 0 Å². The van der Waals surface area contributed by atoms with Crippen molar-refractivity contribution in [2.24, 2.45) is 0 Å². The van der Waals surface area contributed by atoms with Crippen LogP contribution in [0.4, 0.5) is 0 Å². The van der Waals surface area contributed by atoms with Gasteiger partial charge in [-0.1, -0.05) is 0 Å². The molecule has 0 fully saturated rings. The fourth-order valence-electron chi connectivity index (χ4n) is 0.398. The summed E-state index contributed by atoms with van der Waals surface area (Å²) in [6, 6.07) is 0. The number of ether oxygens (including phenoxy) is 1. The second-order valence-corrected chi connectivity index (χ2v) is 1.79. The second-order valence-electron chi connectivity index (χ2n) is 1.79. The smallest absolute Gasteiger partial charge is 0.331 e. The van der Waals surface area contributed by atoms with Crippen LogP contribution in [0, 0.1) is 12.3 Å². The first kappa shape index (κ1) is 10.2. The van der Waals surface area contributed by atoms with E-state index in [4.69, 9.17) is 11.5 Å². The number of carbonyl (C=O) groups is 2. The average molecular weight is 168 g/mol. The third-order valence-corrected chi connectivity index (χ3v) is 0.853. The van der Waals surface area contributed by atoms with Gasteiger partial charge < -0.3 is 9.84 Å². The van der Waals surface area contributed by atoms with E-state index in [9.17, 15) is 9.59 Å². The van der Waals surface area contributed by atoms with Crippen molar-refractivity contribution in [2.75, 3.05) is 6.61 Å². The van der Waals surface area contributed by atoms with Gasteiger partial charge in [0.05, 0.1) is 0 Å². The van der Waals surface area contributed by atoms with E-state index in [0.29, 0.717) is 12.5 Å². The Morgan fingerprint density at radius 3 is 2.67 bits per heavy atom. The number of hydrogen-bond acceptors (Lipinski definition) is 3. The summed E-state index contributed by atoms with van der Waals surface area (Å²) in [4.78, 5) is 20.5. The Morgan fingerprint density at radius 2 is 2.17 bits per heavy atom. The minimum absolute atomic E-state index is 0.110. The Morgan fingerprint density at radius 1 is 1.50 bits per heavy atom. The van der Waals surface area contributed by atoms with Gasteiger partial charge in [0, 0.05) is 18.6 Å². The minimum Gasteiger partial charge on any atom is -0.478 e. The summed E-state index contributed by atoms with van der Waals surface area (Å²) in [6.07, 6.45) is 6.75. The van der Waals surface area contributed by atoms with E-state index >= 15 is 0 Å². The van der Waals surface area contributed by atoms with Gasteiger partial charge in [0.25, 0.3) is 0 Å². The van der Waals surface area contributed by atoms with Crippen LogP contribution in [0.1, 0.15) is 6.42 Å². The van der Waals surface area contributed by atoms with Crippen LogP contribution in [-0.2, 0) is 14.3 Å². The summed E-state index contributed by atoms with van der Waals surface area (Å²) in [6.45, 7) is 0.110. The summed E-state index contributed by atoms with van der Waals surface area (Å²) in [5, 5.41) is 8.11. The summed E-state index contributed by atoms with van der Waals surface area (Å²) in [5.74, 6) is 0.378. The summed E-state index contributed by atoms with van der Waals surface area (Å²) >= 11 is 0. The Kier molecular flexibility index (Phi) is 5.11. The lowest BCUT2D eigenvalue weighted by Gasteiger charge is -1.95. The maximum Gasteiger partial charge on any atom is 0.331 e. The lowest BCUT2D eigenvalue weighted by atomic mass is 10.5. The van der Waals surface area contributed by atoms with Crippen molar-refractivity contribution in [2.45, 2.75) is 6.42 Å². The second kappa shape index (κ2) is 5.98. The number of terminal acetylenes is 1. The number of esters is 1. The van der Waals surface area contributed by atoms with Crippen molar-refractivity contribution < 1.29 is 19.4 Å². The van der Waals surface area contributed by atoms with E-state index in [-0.39, 0.29) is 6.61 Å².